The van der Waals surface area contributed by atoms with E-state index < -0.39 is 9.84 Å². The highest BCUT2D eigenvalue weighted by Crippen LogP contribution is 2.32. The molecule has 36 heavy (non-hydrogen) atoms. The molecule has 3 amide bonds. The van der Waals surface area contributed by atoms with Crippen molar-refractivity contribution < 1.29 is 22.8 Å². The number of hydrogen-bond acceptors (Lipinski definition) is 8. The van der Waals surface area contributed by atoms with Crippen molar-refractivity contribution in [3.8, 4) is 0 Å². The largest absolute Gasteiger partial charge is 0.302 e. The Hall–Kier alpha value is -3.15. The third-order valence-electron chi connectivity index (χ3n) is 6.21. The van der Waals surface area contributed by atoms with Crippen LogP contribution in [-0.4, -0.2) is 68.5 Å². The maximum Gasteiger partial charge on any atom is 0.260 e. The first kappa shape index (κ1) is 25.9. The second-order valence-corrected chi connectivity index (χ2v) is 11.6. The molecule has 1 saturated heterocycles. The zero-order valence-corrected chi connectivity index (χ0v) is 22.1. The average Bonchev–Trinajstić information content (AvgIpc) is 3.43. The quantitative estimate of drug-likeness (QED) is 0.392. The minimum absolute atomic E-state index is 0.192. The highest BCUT2D eigenvalue weighted by Gasteiger charge is 2.30. The molecule has 0 N–H and O–H groups in total. The summed E-state index contributed by atoms with van der Waals surface area (Å²) in [5, 5.41) is 0.474. The van der Waals surface area contributed by atoms with Crippen LogP contribution in [0.5, 0.6) is 0 Å². The summed E-state index contributed by atoms with van der Waals surface area (Å²) in [6.07, 6.45) is 1.54. The van der Waals surface area contributed by atoms with Crippen LogP contribution in [0.3, 0.4) is 0 Å². The predicted octanol–water partition coefficient (Wildman–Crippen LogP) is 3.34. The van der Waals surface area contributed by atoms with Crippen LogP contribution in [0.2, 0.25) is 0 Å². The summed E-state index contributed by atoms with van der Waals surface area (Å²) in [4.78, 5) is 47.5. The standard InChI is InChI=1S/C25H28N4O5S2/c1-4-27(5-2)14-15-28(25-26-20-11-10-19(36(3,33)34)16-21(20)35-25)24(32)17-6-8-18(9-7-17)29-22(30)12-13-23(29)31/h6-11,16H,4-5,12-15H2,1-3H3. The van der Waals surface area contributed by atoms with Crippen molar-refractivity contribution in [2.45, 2.75) is 31.6 Å². The van der Waals surface area contributed by atoms with Gasteiger partial charge in [0.15, 0.2) is 15.0 Å². The first-order valence-corrected chi connectivity index (χ1v) is 14.4. The van der Waals surface area contributed by atoms with Crippen LogP contribution >= 0.6 is 11.3 Å². The Morgan fingerprint density at radius 2 is 1.64 bits per heavy atom. The fourth-order valence-electron chi connectivity index (χ4n) is 4.08. The molecular formula is C25H28N4O5S2. The van der Waals surface area contributed by atoms with E-state index in [1.165, 1.54) is 17.4 Å². The van der Waals surface area contributed by atoms with Crippen LogP contribution < -0.4 is 9.80 Å². The summed E-state index contributed by atoms with van der Waals surface area (Å²) in [5.74, 6) is -0.763. The maximum atomic E-state index is 13.6. The van der Waals surface area contributed by atoms with Crippen LogP contribution in [0.1, 0.15) is 37.0 Å². The number of thiazole rings is 1. The Labute approximate surface area is 214 Å². The lowest BCUT2D eigenvalue weighted by Crippen LogP contribution is -2.39. The van der Waals surface area contributed by atoms with E-state index >= 15 is 0 Å². The van der Waals surface area contributed by atoms with Crippen LogP contribution in [-0.2, 0) is 19.4 Å². The highest BCUT2D eigenvalue weighted by molar-refractivity contribution is 7.90. The van der Waals surface area contributed by atoms with E-state index in [1.54, 1.807) is 41.3 Å². The summed E-state index contributed by atoms with van der Waals surface area (Å²) in [5.41, 5.74) is 1.46. The number of carbonyl (C=O) groups is 3. The monoisotopic (exact) mass is 528 g/mol. The first-order valence-electron chi connectivity index (χ1n) is 11.7. The molecule has 0 radical (unpaired) electrons. The maximum absolute atomic E-state index is 13.6. The Morgan fingerprint density at radius 3 is 2.22 bits per heavy atom. The molecule has 0 bridgehead atoms. The van der Waals surface area contributed by atoms with E-state index in [0.717, 1.165) is 24.2 Å². The minimum Gasteiger partial charge on any atom is -0.302 e. The topological polar surface area (TPSA) is 108 Å². The Bertz CT molecular complexity index is 1400. The number of fused-ring (bicyclic) bond motifs is 1. The van der Waals surface area contributed by atoms with Gasteiger partial charge in [-0.3, -0.25) is 24.2 Å². The van der Waals surface area contributed by atoms with Gasteiger partial charge in [0.25, 0.3) is 5.91 Å². The van der Waals surface area contributed by atoms with Crippen LogP contribution in [0, 0.1) is 0 Å². The average molecular weight is 529 g/mol. The van der Waals surface area contributed by atoms with Crippen molar-refractivity contribution in [1.82, 2.24) is 9.88 Å². The van der Waals surface area contributed by atoms with Gasteiger partial charge in [0.05, 0.1) is 20.8 Å². The van der Waals surface area contributed by atoms with Crippen molar-refractivity contribution in [2.75, 3.05) is 42.2 Å². The summed E-state index contributed by atoms with van der Waals surface area (Å²) >= 11 is 1.26. The molecule has 2 aromatic carbocycles. The number of amides is 3. The molecule has 3 aromatic rings. The number of anilines is 2. The highest BCUT2D eigenvalue weighted by atomic mass is 32.2. The fourth-order valence-corrected chi connectivity index (χ4v) is 5.83. The second-order valence-electron chi connectivity index (χ2n) is 8.55. The zero-order valence-electron chi connectivity index (χ0n) is 20.4. The normalized spacial score (nSPS) is 14.3. The molecule has 0 atom stereocenters. The van der Waals surface area contributed by atoms with E-state index in [1.807, 2.05) is 0 Å². The van der Waals surface area contributed by atoms with E-state index in [9.17, 15) is 22.8 Å². The van der Waals surface area contributed by atoms with Gasteiger partial charge in [0.1, 0.15) is 0 Å². The van der Waals surface area contributed by atoms with Crippen LogP contribution in [0.25, 0.3) is 10.2 Å². The van der Waals surface area contributed by atoms with E-state index in [-0.39, 0.29) is 35.5 Å². The minimum atomic E-state index is -3.37. The van der Waals surface area contributed by atoms with Crippen molar-refractivity contribution in [2.24, 2.45) is 0 Å². The summed E-state index contributed by atoms with van der Waals surface area (Å²) in [6.45, 7) is 6.81. The second kappa shape index (κ2) is 10.5. The Balaban J connectivity index is 1.66. The van der Waals surface area contributed by atoms with Crippen molar-refractivity contribution in [1.29, 1.82) is 0 Å². The third-order valence-corrected chi connectivity index (χ3v) is 8.36. The number of hydrogen-bond donors (Lipinski definition) is 0. The van der Waals surface area contributed by atoms with Gasteiger partial charge in [-0.1, -0.05) is 25.2 Å². The molecule has 1 aliphatic heterocycles. The lowest BCUT2D eigenvalue weighted by molar-refractivity contribution is -0.121. The molecule has 0 spiro atoms. The number of sulfone groups is 1. The molecule has 4 rings (SSSR count). The molecule has 9 nitrogen and oxygen atoms in total. The number of nitrogens with zero attached hydrogens (tertiary/aromatic N) is 4. The van der Waals surface area contributed by atoms with E-state index in [0.29, 0.717) is 39.7 Å². The van der Waals surface area contributed by atoms with Crippen molar-refractivity contribution in [3.63, 3.8) is 0 Å². The first-order chi connectivity index (χ1) is 17.1. The number of likely N-dealkylation sites (N-methyl/N-ethyl adjacent to an activating group) is 1. The molecule has 0 saturated carbocycles. The summed E-state index contributed by atoms with van der Waals surface area (Å²) < 4.78 is 24.6. The predicted molar refractivity (Wildman–Crippen MR) is 140 cm³/mol. The molecule has 2 heterocycles. The molecule has 11 heteroatoms. The number of carbonyl (C=O) groups excluding carboxylic acids is 3. The van der Waals surface area contributed by atoms with Gasteiger partial charge in [-0.15, -0.1) is 0 Å². The number of benzene rings is 2. The van der Waals surface area contributed by atoms with E-state index in [4.69, 9.17) is 0 Å². The fraction of sp³-hybridized carbons (Fsp3) is 0.360. The molecule has 1 aromatic heterocycles. The lowest BCUT2D eigenvalue weighted by atomic mass is 10.1. The van der Waals surface area contributed by atoms with Crippen LogP contribution in [0.4, 0.5) is 10.8 Å². The lowest BCUT2D eigenvalue weighted by Gasteiger charge is -2.25. The Morgan fingerprint density at radius 1 is 1.00 bits per heavy atom. The van der Waals surface area contributed by atoms with Gasteiger partial charge in [0, 0.05) is 37.8 Å². The van der Waals surface area contributed by atoms with Gasteiger partial charge in [-0.2, -0.15) is 0 Å². The van der Waals surface area contributed by atoms with Gasteiger partial charge in [-0.05, 0) is 55.6 Å². The SMILES string of the molecule is CCN(CC)CCN(C(=O)c1ccc(N2C(=O)CCC2=O)cc1)c1nc2ccc(S(C)(=O)=O)cc2s1. The molecular weight excluding hydrogens is 500 g/mol. The number of rotatable bonds is 9. The van der Waals surface area contributed by atoms with Crippen molar-refractivity contribution >= 4 is 59.9 Å². The zero-order chi connectivity index (χ0) is 26.0. The third kappa shape index (κ3) is 5.32. The molecule has 0 unspecified atom stereocenters. The summed E-state index contributed by atoms with van der Waals surface area (Å²) in [6, 6.07) is 11.2. The number of imide groups is 1. The van der Waals surface area contributed by atoms with Gasteiger partial charge in [0.2, 0.25) is 11.8 Å². The Kier molecular flexibility index (Phi) is 7.53. The van der Waals surface area contributed by atoms with Crippen molar-refractivity contribution in [3.05, 3.63) is 48.0 Å². The number of aromatic nitrogens is 1. The van der Waals surface area contributed by atoms with Gasteiger partial charge < -0.3 is 4.90 Å². The smallest absolute Gasteiger partial charge is 0.260 e. The molecule has 1 fully saturated rings. The molecule has 0 aliphatic carbocycles. The van der Waals surface area contributed by atoms with Gasteiger partial charge >= 0.3 is 0 Å². The molecule has 1 aliphatic rings. The van der Waals surface area contributed by atoms with E-state index in [2.05, 4.69) is 23.7 Å². The molecule has 190 valence electrons. The van der Waals surface area contributed by atoms with Crippen LogP contribution in [0.15, 0.2) is 47.4 Å². The van der Waals surface area contributed by atoms with Gasteiger partial charge in [-0.25, -0.2) is 13.4 Å². The summed E-state index contributed by atoms with van der Waals surface area (Å²) in [7, 11) is -3.37.